The highest BCUT2D eigenvalue weighted by Crippen LogP contribution is 2.35. The number of anilines is 1. The van der Waals surface area contributed by atoms with E-state index in [0.717, 1.165) is 16.5 Å². The summed E-state index contributed by atoms with van der Waals surface area (Å²) in [6.07, 6.45) is 3.93. The highest BCUT2D eigenvalue weighted by molar-refractivity contribution is 5.96. The number of amides is 2. The van der Waals surface area contributed by atoms with Crippen LogP contribution in [-0.2, 0) is 9.53 Å². The van der Waals surface area contributed by atoms with Crippen LogP contribution in [0.1, 0.15) is 5.56 Å². The molecule has 1 fully saturated rings. The van der Waals surface area contributed by atoms with Crippen molar-refractivity contribution >= 4 is 34.7 Å². The molecule has 2 aliphatic rings. The summed E-state index contributed by atoms with van der Waals surface area (Å²) >= 11 is 0. The smallest absolute Gasteiger partial charge is 0.414 e. The molecule has 0 bridgehead atoms. The summed E-state index contributed by atoms with van der Waals surface area (Å²) in [5.41, 5.74) is 2.31. The zero-order valence-electron chi connectivity index (χ0n) is 18.5. The van der Waals surface area contributed by atoms with Crippen LogP contribution in [0.2, 0.25) is 0 Å². The SMILES string of the molecule is COc1ccc2nccc(C=CC(=O)NC[C@H]3CN(c4ccc5c(c4)OCCO5)C(=O)O3)c2c1. The predicted molar refractivity (Wildman–Crippen MR) is 125 cm³/mol. The van der Waals surface area contributed by atoms with Crippen molar-refractivity contribution in [1.82, 2.24) is 10.3 Å². The molecule has 5 rings (SSSR count). The van der Waals surface area contributed by atoms with Gasteiger partial charge in [-0.15, -0.1) is 0 Å². The molecule has 9 heteroatoms. The van der Waals surface area contributed by atoms with Gasteiger partial charge in [0.1, 0.15) is 25.1 Å². The third-order valence-corrected chi connectivity index (χ3v) is 5.61. The van der Waals surface area contributed by atoms with Crippen LogP contribution in [0.4, 0.5) is 10.5 Å². The fourth-order valence-electron chi connectivity index (χ4n) is 3.90. The van der Waals surface area contributed by atoms with Gasteiger partial charge in [0, 0.05) is 23.7 Å². The predicted octanol–water partition coefficient (Wildman–Crippen LogP) is 3.17. The van der Waals surface area contributed by atoms with Crippen LogP contribution in [-0.4, -0.2) is 56.5 Å². The third kappa shape index (κ3) is 4.45. The molecule has 0 unspecified atom stereocenters. The van der Waals surface area contributed by atoms with Crippen LogP contribution in [0.25, 0.3) is 17.0 Å². The molecule has 3 aromatic rings. The number of cyclic esters (lactones) is 1. The molecule has 2 aliphatic heterocycles. The van der Waals surface area contributed by atoms with E-state index in [1.807, 2.05) is 24.3 Å². The van der Waals surface area contributed by atoms with Crippen molar-refractivity contribution in [2.24, 2.45) is 0 Å². The molecule has 1 aromatic heterocycles. The van der Waals surface area contributed by atoms with Gasteiger partial charge in [-0.1, -0.05) is 0 Å². The molecule has 3 heterocycles. The first-order valence-electron chi connectivity index (χ1n) is 10.9. The number of carbonyl (C=O) groups is 2. The highest BCUT2D eigenvalue weighted by atomic mass is 16.6. The maximum atomic E-state index is 12.4. The lowest BCUT2D eigenvalue weighted by molar-refractivity contribution is -0.116. The molecule has 0 saturated carbocycles. The molecule has 1 N–H and O–H groups in total. The van der Waals surface area contributed by atoms with Crippen molar-refractivity contribution in [1.29, 1.82) is 0 Å². The Morgan fingerprint density at radius 3 is 2.88 bits per heavy atom. The van der Waals surface area contributed by atoms with Crippen molar-refractivity contribution in [2.45, 2.75) is 6.10 Å². The van der Waals surface area contributed by atoms with Gasteiger partial charge in [0.15, 0.2) is 11.5 Å². The van der Waals surface area contributed by atoms with Crippen molar-refractivity contribution in [3.8, 4) is 17.2 Å². The van der Waals surface area contributed by atoms with Crippen LogP contribution < -0.4 is 24.4 Å². The van der Waals surface area contributed by atoms with Crippen LogP contribution in [0.3, 0.4) is 0 Å². The minimum Gasteiger partial charge on any atom is -0.497 e. The molecular formula is C25H23N3O6. The van der Waals surface area contributed by atoms with Crippen molar-refractivity contribution in [3.05, 3.63) is 60.3 Å². The second-order valence-electron chi connectivity index (χ2n) is 7.81. The van der Waals surface area contributed by atoms with E-state index in [1.54, 1.807) is 37.6 Å². The van der Waals surface area contributed by atoms with Gasteiger partial charge in [-0.05, 0) is 48.0 Å². The lowest BCUT2D eigenvalue weighted by atomic mass is 10.1. The molecule has 1 atom stereocenters. The average Bonchev–Trinajstić information content (AvgIpc) is 3.25. The number of benzene rings is 2. The van der Waals surface area contributed by atoms with Gasteiger partial charge in [-0.3, -0.25) is 14.7 Å². The van der Waals surface area contributed by atoms with E-state index in [4.69, 9.17) is 18.9 Å². The molecular weight excluding hydrogens is 438 g/mol. The molecule has 34 heavy (non-hydrogen) atoms. The zero-order valence-corrected chi connectivity index (χ0v) is 18.5. The second kappa shape index (κ2) is 9.30. The summed E-state index contributed by atoms with van der Waals surface area (Å²) < 4.78 is 21.8. The summed E-state index contributed by atoms with van der Waals surface area (Å²) in [5, 5.41) is 3.67. The van der Waals surface area contributed by atoms with E-state index < -0.39 is 12.2 Å². The number of carbonyl (C=O) groups excluding carboxylic acids is 2. The molecule has 0 radical (unpaired) electrons. The first kappa shape index (κ1) is 21.6. The Labute approximate surface area is 195 Å². The Morgan fingerprint density at radius 1 is 1.18 bits per heavy atom. The number of aromatic nitrogens is 1. The number of rotatable bonds is 6. The van der Waals surface area contributed by atoms with Crippen molar-refractivity contribution < 1.29 is 28.5 Å². The number of methoxy groups -OCH3 is 1. The van der Waals surface area contributed by atoms with E-state index >= 15 is 0 Å². The Hall–Kier alpha value is -4.27. The van der Waals surface area contributed by atoms with Crippen LogP contribution >= 0.6 is 0 Å². The monoisotopic (exact) mass is 461 g/mol. The maximum Gasteiger partial charge on any atom is 0.414 e. The quantitative estimate of drug-likeness (QED) is 0.563. The van der Waals surface area contributed by atoms with E-state index in [1.165, 1.54) is 11.0 Å². The summed E-state index contributed by atoms with van der Waals surface area (Å²) in [6.45, 7) is 1.48. The van der Waals surface area contributed by atoms with E-state index in [0.29, 0.717) is 42.7 Å². The topological polar surface area (TPSA) is 99.2 Å². The second-order valence-corrected chi connectivity index (χ2v) is 7.81. The van der Waals surface area contributed by atoms with Gasteiger partial charge < -0.3 is 24.3 Å². The fraction of sp³-hybridized carbons (Fsp3) is 0.240. The van der Waals surface area contributed by atoms with Gasteiger partial charge in [0.25, 0.3) is 0 Å². The summed E-state index contributed by atoms with van der Waals surface area (Å²) in [7, 11) is 1.60. The van der Waals surface area contributed by atoms with Gasteiger partial charge in [0.05, 0.1) is 31.4 Å². The van der Waals surface area contributed by atoms with Crippen molar-refractivity contribution in [2.75, 3.05) is 38.3 Å². The normalized spacial score (nSPS) is 17.1. The number of hydrogen-bond acceptors (Lipinski definition) is 7. The van der Waals surface area contributed by atoms with Gasteiger partial charge in [0.2, 0.25) is 5.91 Å². The van der Waals surface area contributed by atoms with Crippen LogP contribution in [0.15, 0.2) is 54.7 Å². The molecule has 0 spiro atoms. The maximum absolute atomic E-state index is 12.4. The number of nitrogens with one attached hydrogen (secondary N) is 1. The highest BCUT2D eigenvalue weighted by Gasteiger charge is 2.33. The average molecular weight is 461 g/mol. The number of pyridine rings is 1. The molecule has 174 valence electrons. The Morgan fingerprint density at radius 2 is 2.03 bits per heavy atom. The van der Waals surface area contributed by atoms with Crippen LogP contribution in [0.5, 0.6) is 17.2 Å². The third-order valence-electron chi connectivity index (χ3n) is 5.61. The molecule has 2 aromatic carbocycles. The van der Waals surface area contributed by atoms with Crippen LogP contribution in [0, 0.1) is 0 Å². The standard InChI is InChI=1S/C25H23N3O6/c1-31-18-4-5-21-20(13-18)16(8-9-26-21)2-7-24(29)27-14-19-15-28(25(30)34-19)17-3-6-22-23(12-17)33-11-10-32-22/h2-9,12-13,19H,10-11,14-15H2,1H3,(H,27,29)/t19-/m0/s1. The first-order valence-corrected chi connectivity index (χ1v) is 10.9. The summed E-state index contributed by atoms with van der Waals surface area (Å²) in [5.74, 6) is 1.67. The van der Waals surface area contributed by atoms with Gasteiger partial charge in [-0.2, -0.15) is 0 Å². The van der Waals surface area contributed by atoms with Crippen molar-refractivity contribution in [3.63, 3.8) is 0 Å². The number of fused-ring (bicyclic) bond motifs is 2. The number of nitrogens with zero attached hydrogens (tertiary/aromatic N) is 2. The lowest BCUT2D eigenvalue weighted by Crippen LogP contribution is -2.33. The minimum absolute atomic E-state index is 0.195. The summed E-state index contributed by atoms with van der Waals surface area (Å²) in [4.78, 5) is 30.6. The lowest BCUT2D eigenvalue weighted by Gasteiger charge is -2.21. The number of hydrogen-bond donors (Lipinski definition) is 1. The number of ether oxygens (including phenoxy) is 4. The summed E-state index contributed by atoms with van der Waals surface area (Å²) in [6, 6.07) is 12.7. The van der Waals surface area contributed by atoms with Gasteiger partial charge in [-0.25, -0.2) is 4.79 Å². The van der Waals surface area contributed by atoms with E-state index in [-0.39, 0.29) is 12.5 Å². The largest absolute Gasteiger partial charge is 0.497 e. The van der Waals surface area contributed by atoms with E-state index in [2.05, 4.69) is 10.3 Å². The molecule has 2 amide bonds. The first-order chi connectivity index (χ1) is 16.6. The zero-order chi connectivity index (χ0) is 23.5. The molecule has 0 aliphatic carbocycles. The Bertz CT molecular complexity index is 1270. The fourth-order valence-corrected chi connectivity index (χ4v) is 3.90. The molecule has 1 saturated heterocycles. The van der Waals surface area contributed by atoms with E-state index in [9.17, 15) is 9.59 Å². The molecule has 9 nitrogen and oxygen atoms in total. The van der Waals surface area contributed by atoms with Gasteiger partial charge >= 0.3 is 6.09 Å². The Kier molecular flexibility index (Phi) is 5.90. The minimum atomic E-state index is -0.469. The Balaban J connectivity index is 1.20.